The lowest BCUT2D eigenvalue weighted by molar-refractivity contribution is 0.00302. The van der Waals surface area contributed by atoms with Crippen LogP contribution in [0.1, 0.15) is 51.9 Å². The molecule has 3 nitrogen and oxygen atoms in total. The van der Waals surface area contributed by atoms with E-state index >= 15 is 0 Å². The SMILES string of the molecule is CCC1CCCN(CCC2CCCC2(O)CN)C1. The normalized spacial score (nSPS) is 38.2. The van der Waals surface area contributed by atoms with Crippen LogP contribution in [0.5, 0.6) is 0 Å². The van der Waals surface area contributed by atoms with Gasteiger partial charge in [-0.25, -0.2) is 0 Å². The molecule has 2 aliphatic rings. The zero-order chi connectivity index (χ0) is 13.0. The molecule has 0 aromatic rings. The van der Waals surface area contributed by atoms with Crippen LogP contribution in [0.15, 0.2) is 0 Å². The lowest BCUT2D eigenvalue weighted by Crippen LogP contribution is -2.43. The molecule has 0 bridgehead atoms. The van der Waals surface area contributed by atoms with E-state index in [1.807, 2.05) is 0 Å². The van der Waals surface area contributed by atoms with E-state index in [0.717, 1.165) is 31.7 Å². The highest BCUT2D eigenvalue weighted by atomic mass is 16.3. The summed E-state index contributed by atoms with van der Waals surface area (Å²) in [5.74, 6) is 1.33. The summed E-state index contributed by atoms with van der Waals surface area (Å²) in [5.41, 5.74) is 5.19. The Balaban J connectivity index is 1.77. The number of nitrogens with zero attached hydrogens (tertiary/aromatic N) is 1. The second-order valence-corrected chi connectivity index (χ2v) is 6.40. The number of piperidine rings is 1. The predicted octanol–water partition coefficient (Wildman–Crippen LogP) is 1.99. The van der Waals surface area contributed by atoms with Gasteiger partial charge in [0.2, 0.25) is 0 Å². The maximum atomic E-state index is 10.4. The molecule has 1 saturated heterocycles. The second-order valence-electron chi connectivity index (χ2n) is 6.40. The van der Waals surface area contributed by atoms with Crippen LogP contribution in [0.2, 0.25) is 0 Å². The largest absolute Gasteiger partial charge is 0.388 e. The maximum absolute atomic E-state index is 10.4. The van der Waals surface area contributed by atoms with Crippen LogP contribution in [-0.4, -0.2) is 41.8 Å². The van der Waals surface area contributed by atoms with E-state index in [-0.39, 0.29) is 0 Å². The number of likely N-dealkylation sites (tertiary alicyclic amines) is 1. The third kappa shape index (κ3) is 3.25. The fraction of sp³-hybridized carbons (Fsp3) is 1.00. The first-order valence-corrected chi connectivity index (χ1v) is 7.82. The Hall–Kier alpha value is -0.120. The highest BCUT2D eigenvalue weighted by Gasteiger charge is 2.39. The van der Waals surface area contributed by atoms with Crippen molar-refractivity contribution in [2.45, 2.75) is 57.5 Å². The molecule has 18 heavy (non-hydrogen) atoms. The van der Waals surface area contributed by atoms with Gasteiger partial charge < -0.3 is 15.7 Å². The van der Waals surface area contributed by atoms with Crippen LogP contribution >= 0.6 is 0 Å². The Labute approximate surface area is 112 Å². The topological polar surface area (TPSA) is 49.5 Å². The van der Waals surface area contributed by atoms with Crippen molar-refractivity contribution in [2.75, 3.05) is 26.2 Å². The molecule has 2 fully saturated rings. The molecule has 1 aliphatic carbocycles. The summed E-state index contributed by atoms with van der Waals surface area (Å²) in [4.78, 5) is 2.60. The zero-order valence-corrected chi connectivity index (χ0v) is 11.9. The minimum atomic E-state index is -0.556. The molecule has 3 unspecified atom stereocenters. The Morgan fingerprint density at radius 3 is 2.89 bits per heavy atom. The summed E-state index contributed by atoms with van der Waals surface area (Å²) in [5, 5.41) is 10.4. The molecule has 0 radical (unpaired) electrons. The number of hydrogen-bond acceptors (Lipinski definition) is 3. The van der Waals surface area contributed by atoms with E-state index in [2.05, 4.69) is 11.8 Å². The molecule has 0 aromatic carbocycles. The summed E-state index contributed by atoms with van der Waals surface area (Å²) in [6.45, 7) is 6.42. The quantitative estimate of drug-likeness (QED) is 0.789. The van der Waals surface area contributed by atoms with Gasteiger partial charge in [-0.1, -0.05) is 19.8 Å². The Morgan fingerprint density at radius 1 is 1.33 bits per heavy atom. The first-order chi connectivity index (χ1) is 8.68. The van der Waals surface area contributed by atoms with E-state index < -0.39 is 5.60 Å². The molecule has 106 valence electrons. The van der Waals surface area contributed by atoms with Gasteiger partial charge in [0.15, 0.2) is 0 Å². The van der Waals surface area contributed by atoms with Gasteiger partial charge in [-0.2, -0.15) is 0 Å². The number of hydrogen-bond donors (Lipinski definition) is 2. The van der Waals surface area contributed by atoms with Crippen LogP contribution in [0.3, 0.4) is 0 Å². The van der Waals surface area contributed by atoms with Gasteiger partial charge in [-0.15, -0.1) is 0 Å². The van der Waals surface area contributed by atoms with Crippen molar-refractivity contribution < 1.29 is 5.11 Å². The molecule has 0 aromatic heterocycles. The fourth-order valence-corrected chi connectivity index (χ4v) is 3.84. The highest BCUT2D eigenvalue weighted by Crippen LogP contribution is 2.37. The van der Waals surface area contributed by atoms with Crippen molar-refractivity contribution in [3.8, 4) is 0 Å². The Bertz CT molecular complexity index is 259. The van der Waals surface area contributed by atoms with Crippen LogP contribution in [0, 0.1) is 11.8 Å². The van der Waals surface area contributed by atoms with Crippen molar-refractivity contribution in [1.82, 2.24) is 4.90 Å². The van der Waals surface area contributed by atoms with Gasteiger partial charge in [0, 0.05) is 13.1 Å². The first kappa shape index (κ1) is 14.3. The standard InChI is InChI=1S/C15H30N2O/c1-2-13-5-4-9-17(11-13)10-7-14-6-3-8-15(14,18)12-16/h13-14,18H,2-12,16H2,1H3. The molecule has 1 saturated carbocycles. The Kier molecular flexibility index (Phi) is 5.05. The molecule has 1 heterocycles. The molecule has 2 rings (SSSR count). The van der Waals surface area contributed by atoms with Crippen molar-refractivity contribution >= 4 is 0 Å². The van der Waals surface area contributed by atoms with Gasteiger partial charge in [0.25, 0.3) is 0 Å². The summed E-state index contributed by atoms with van der Waals surface area (Å²) >= 11 is 0. The van der Waals surface area contributed by atoms with Crippen molar-refractivity contribution in [3.63, 3.8) is 0 Å². The minimum absolute atomic E-state index is 0.435. The summed E-state index contributed by atoms with van der Waals surface area (Å²) < 4.78 is 0. The van der Waals surface area contributed by atoms with Gasteiger partial charge in [-0.05, 0) is 57.0 Å². The zero-order valence-electron chi connectivity index (χ0n) is 11.9. The lowest BCUT2D eigenvalue weighted by Gasteiger charge is -2.35. The smallest absolute Gasteiger partial charge is 0.0797 e. The Morgan fingerprint density at radius 2 is 2.17 bits per heavy atom. The van der Waals surface area contributed by atoms with Crippen molar-refractivity contribution in [1.29, 1.82) is 0 Å². The molecule has 0 amide bonds. The fourth-order valence-electron chi connectivity index (χ4n) is 3.84. The summed E-state index contributed by atoms with van der Waals surface area (Å²) in [6.07, 6.45) is 8.42. The van der Waals surface area contributed by atoms with E-state index in [1.54, 1.807) is 0 Å². The molecule has 3 N–H and O–H groups in total. The molecule has 3 heteroatoms. The predicted molar refractivity (Wildman–Crippen MR) is 75.4 cm³/mol. The minimum Gasteiger partial charge on any atom is -0.388 e. The number of rotatable bonds is 5. The van der Waals surface area contributed by atoms with Crippen molar-refractivity contribution in [2.24, 2.45) is 17.6 Å². The van der Waals surface area contributed by atoms with E-state index in [1.165, 1.54) is 38.8 Å². The molecule has 3 atom stereocenters. The number of nitrogens with two attached hydrogens (primary N) is 1. The van der Waals surface area contributed by atoms with Gasteiger partial charge in [0.1, 0.15) is 0 Å². The second kappa shape index (κ2) is 6.36. The maximum Gasteiger partial charge on any atom is 0.0797 e. The van der Waals surface area contributed by atoms with Gasteiger partial charge in [0.05, 0.1) is 5.60 Å². The van der Waals surface area contributed by atoms with E-state index in [0.29, 0.717) is 12.5 Å². The molecular weight excluding hydrogens is 224 g/mol. The van der Waals surface area contributed by atoms with Crippen LogP contribution in [-0.2, 0) is 0 Å². The molecule has 0 spiro atoms. The monoisotopic (exact) mass is 254 g/mol. The third-order valence-electron chi connectivity index (χ3n) is 5.25. The van der Waals surface area contributed by atoms with Crippen molar-refractivity contribution in [3.05, 3.63) is 0 Å². The van der Waals surface area contributed by atoms with E-state index in [9.17, 15) is 5.11 Å². The number of aliphatic hydroxyl groups is 1. The summed E-state index contributed by atoms with van der Waals surface area (Å²) in [6, 6.07) is 0. The summed E-state index contributed by atoms with van der Waals surface area (Å²) in [7, 11) is 0. The highest BCUT2D eigenvalue weighted by molar-refractivity contribution is 4.93. The average Bonchev–Trinajstić information content (AvgIpc) is 2.79. The van der Waals surface area contributed by atoms with Crippen LogP contribution in [0.25, 0.3) is 0 Å². The third-order valence-corrected chi connectivity index (χ3v) is 5.25. The molecular formula is C15H30N2O. The first-order valence-electron chi connectivity index (χ1n) is 7.82. The van der Waals surface area contributed by atoms with E-state index in [4.69, 9.17) is 5.73 Å². The van der Waals surface area contributed by atoms with Gasteiger partial charge in [-0.3, -0.25) is 0 Å². The average molecular weight is 254 g/mol. The molecule has 1 aliphatic heterocycles. The van der Waals surface area contributed by atoms with Gasteiger partial charge >= 0.3 is 0 Å². The lowest BCUT2D eigenvalue weighted by atomic mass is 9.87. The van der Waals surface area contributed by atoms with Crippen LogP contribution < -0.4 is 5.73 Å². The van der Waals surface area contributed by atoms with Crippen LogP contribution in [0.4, 0.5) is 0 Å².